The molecule has 1 rings (SSSR count). The predicted molar refractivity (Wildman–Crippen MR) is 76.4 cm³/mol. The SMILES string of the molecule is CCCN(C(C)C)S(=O)(=O)c1cc(C)c(F)c(CO)c1. The van der Waals surface area contributed by atoms with Gasteiger partial charge in [-0.3, -0.25) is 0 Å². The second-order valence-corrected chi connectivity index (χ2v) is 6.97. The van der Waals surface area contributed by atoms with Crippen LogP contribution in [0.2, 0.25) is 0 Å². The number of hydrogen-bond acceptors (Lipinski definition) is 3. The average molecular weight is 303 g/mol. The van der Waals surface area contributed by atoms with Crippen molar-refractivity contribution in [1.29, 1.82) is 0 Å². The number of hydrogen-bond donors (Lipinski definition) is 1. The van der Waals surface area contributed by atoms with E-state index in [-0.39, 0.29) is 22.1 Å². The lowest BCUT2D eigenvalue weighted by molar-refractivity contribution is 0.275. The Hall–Kier alpha value is -0.980. The third kappa shape index (κ3) is 3.37. The van der Waals surface area contributed by atoms with Gasteiger partial charge in [0.05, 0.1) is 11.5 Å². The molecule has 0 heterocycles. The topological polar surface area (TPSA) is 57.6 Å². The van der Waals surface area contributed by atoms with Crippen molar-refractivity contribution in [2.45, 2.75) is 51.7 Å². The van der Waals surface area contributed by atoms with E-state index in [4.69, 9.17) is 5.11 Å². The van der Waals surface area contributed by atoms with E-state index in [2.05, 4.69) is 0 Å². The summed E-state index contributed by atoms with van der Waals surface area (Å²) in [5.41, 5.74) is 0.221. The summed E-state index contributed by atoms with van der Waals surface area (Å²) in [6.07, 6.45) is 0.699. The summed E-state index contributed by atoms with van der Waals surface area (Å²) < 4.78 is 40.3. The Morgan fingerprint density at radius 2 is 1.95 bits per heavy atom. The standard InChI is InChI=1S/C14H22FNO3S/c1-5-6-16(10(2)3)20(18,19)13-7-11(4)14(15)12(8-13)9-17/h7-8,10,17H,5-6,9H2,1-4H3. The van der Waals surface area contributed by atoms with Crippen LogP contribution in [0.4, 0.5) is 4.39 Å². The molecule has 20 heavy (non-hydrogen) atoms. The first-order valence-corrected chi connectivity index (χ1v) is 8.11. The second kappa shape index (κ2) is 6.65. The molecule has 1 aromatic carbocycles. The summed E-state index contributed by atoms with van der Waals surface area (Å²) in [6.45, 7) is 6.89. The molecule has 6 heteroatoms. The van der Waals surface area contributed by atoms with E-state index in [1.54, 1.807) is 13.8 Å². The fraction of sp³-hybridized carbons (Fsp3) is 0.571. The van der Waals surface area contributed by atoms with E-state index in [0.717, 1.165) is 0 Å². The molecule has 0 atom stereocenters. The Kier molecular flexibility index (Phi) is 5.68. The molecule has 0 aliphatic heterocycles. The minimum absolute atomic E-state index is 0.00350. The van der Waals surface area contributed by atoms with Gasteiger partial charge in [-0.05, 0) is 44.9 Å². The minimum Gasteiger partial charge on any atom is -0.392 e. The van der Waals surface area contributed by atoms with Gasteiger partial charge in [0.25, 0.3) is 0 Å². The Morgan fingerprint density at radius 1 is 1.35 bits per heavy atom. The van der Waals surface area contributed by atoms with E-state index in [1.165, 1.54) is 23.4 Å². The van der Waals surface area contributed by atoms with Gasteiger partial charge in [0.2, 0.25) is 10.0 Å². The molecule has 0 aliphatic rings. The number of aliphatic hydroxyl groups excluding tert-OH is 1. The highest BCUT2D eigenvalue weighted by Crippen LogP contribution is 2.23. The van der Waals surface area contributed by atoms with E-state index in [9.17, 15) is 12.8 Å². The van der Waals surface area contributed by atoms with Crippen molar-refractivity contribution in [3.63, 3.8) is 0 Å². The van der Waals surface area contributed by atoms with Crippen LogP contribution < -0.4 is 0 Å². The molecule has 4 nitrogen and oxygen atoms in total. The van der Waals surface area contributed by atoms with Crippen LogP contribution in [-0.4, -0.2) is 30.4 Å². The molecular formula is C14H22FNO3S. The van der Waals surface area contributed by atoms with Crippen LogP contribution in [0.25, 0.3) is 0 Å². The predicted octanol–water partition coefficient (Wildman–Crippen LogP) is 2.44. The number of halogens is 1. The Bertz CT molecular complexity index is 570. The average Bonchev–Trinajstić information content (AvgIpc) is 2.38. The van der Waals surface area contributed by atoms with Gasteiger partial charge in [-0.15, -0.1) is 0 Å². The van der Waals surface area contributed by atoms with E-state index >= 15 is 0 Å². The molecule has 0 aromatic heterocycles. The van der Waals surface area contributed by atoms with Gasteiger partial charge in [-0.25, -0.2) is 12.8 Å². The van der Waals surface area contributed by atoms with Crippen LogP contribution >= 0.6 is 0 Å². The molecule has 1 aromatic rings. The number of sulfonamides is 1. The van der Waals surface area contributed by atoms with Crippen LogP contribution in [0.15, 0.2) is 17.0 Å². The highest BCUT2D eigenvalue weighted by atomic mass is 32.2. The Balaban J connectivity index is 3.38. The molecule has 0 saturated heterocycles. The van der Waals surface area contributed by atoms with E-state index in [0.29, 0.717) is 13.0 Å². The minimum atomic E-state index is -3.68. The van der Waals surface area contributed by atoms with Gasteiger partial charge in [-0.2, -0.15) is 4.31 Å². The molecule has 0 radical (unpaired) electrons. The van der Waals surface area contributed by atoms with Crippen molar-refractivity contribution < 1.29 is 17.9 Å². The van der Waals surface area contributed by atoms with Crippen LogP contribution in [-0.2, 0) is 16.6 Å². The molecule has 0 aliphatic carbocycles. The second-order valence-electron chi connectivity index (χ2n) is 5.08. The van der Waals surface area contributed by atoms with Crippen molar-refractivity contribution >= 4 is 10.0 Å². The van der Waals surface area contributed by atoms with Crippen LogP contribution in [0.3, 0.4) is 0 Å². The van der Waals surface area contributed by atoms with Gasteiger partial charge in [0, 0.05) is 18.2 Å². The zero-order valence-corrected chi connectivity index (χ0v) is 13.2. The zero-order chi connectivity index (χ0) is 15.5. The first kappa shape index (κ1) is 17.1. The highest BCUT2D eigenvalue weighted by Gasteiger charge is 2.27. The van der Waals surface area contributed by atoms with Crippen LogP contribution in [0.5, 0.6) is 0 Å². The van der Waals surface area contributed by atoms with Crippen molar-refractivity contribution in [2.24, 2.45) is 0 Å². The monoisotopic (exact) mass is 303 g/mol. The number of nitrogens with zero attached hydrogens (tertiary/aromatic N) is 1. The molecule has 0 bridgehead atoms. The summed E-state index contributed by atoms with van der Waals surface area (Å²) in [4.78, 5) is 0.0302. The summed E-state index contributed by atoms with van der Waals surface area (Å²) in [5, 5.41) is 9.14. The van der Waals surface area contributed by atoms with Gasteiger partial charge < -0.3 is 5.11 Å². The molecule has 1 N–H and O–H groups in total. The van der Waals surface area contributed by atoms with Gasteiger partial charge in [0.1, 0.15) is 5.82 Å². The van der Waals surface area contributed by atoms with E-state index in [1.807, 2.05) is 6.92 Å². The summed E-state index contributed by atoms with van der Waals surface area (Å²) in [7, 11) is -3.68. The van der Waals surface area contributed by atoms with Gasteiger partial charge in [0.15, 0.2) is 0 Å². The molecular weight excluding hydrogens is 281 g/mol. The summed E-state index contributed by atoms with van der Waals surface area (Å²) in [5.74, 6) is -0.557. The third-order valence-corrected chi connectivity index (χ3v) is 5.15. The van der Waals surface area contributed by atoms with Crippen LogP contribution in [0, 0.1) is 12.7 Å². The first-order chi connectivity index (χ1) is 9.25. The highest BCUT2D eigenvalue weighted by molar-refractivity contribution is 7.89. The fourth-order valence-corrected chi connectivity index (χ4v) is 3.95. The Labute approximate surface area is 120 Å². The molecule has 0 amide bonds. The molecule has 0 spiro atoms. The summed E-state index contributed by atoms with van der Waals surface area (Å²) in [6, 6.07) is 2.35. The molecule has 0 saturated carbocycles. The van der Waals surface area contributed by atoms with Crippen LogP contribution in [0.1, 0.15) is 38.3 Å². The zero-order valence-electron chi connectivity index (χ0n) is 12.4. The lowest BCUT2D eigenvalue weighted by Crippen LogP contribution is -2.37. The van der Waals surface area contributed by atoms with Gasteiger partial charge in [-0.1, -0.05) is 6.92 Å². The third-order valence-electron chi connectivity index (χ3n) is 3.10. The van der Waals surface area contributed by atoms with Crippen molar-refractivity contribution in [1.82, 2.24) is 4.31 Å². The van der Waals surface area contributed by atoms with E-state index < -0.39 is 22.4 Å². The number of benzene rings is 1. The van der Waals surface area contributed by atoms with Crippen molar-refractivity contribution in [2.75, 3.05) is 6.54 Å². The molecule has 0 fully saturated rings. The number of aryl methyl sites for hydroxylation is 1. The normalized spacial score (nSPS) is 12.4. The lowest BCUT2D eigenvalue weighted by Gasteiger charge is -2.26. The Morgan fingerprint density at radius 3 is 2.40 bits per heavy atom. The summed E-state index contributed by atoms with van der Waals surface area (Å²) >= 11 is 0. The lowest BCUT2D eigenvalue weighted by atomic mass is 10.1. The molecule has 0 unspecified atom stereocenters. The number of aliphatic hydroxyl groups is 1. The van der Waals surface area contributed by atoms with Crippen molar-refractivity contribution in [3.05, 3.63) is 29.1 Å². The maximum Gasteiger partial charge on any atom is 0.243 e. The maximum atomic E-state index is 13.7. The molecule has 114 valence electrons. The van der Waals surface area contributed by atoms with Crippen molar-refractivity contribution in [3.8, 4) is 0 Å². The van der Waals surface area contributed by atoms with Gasteiger partial charge >= 0.3 is 0 Å². The quantitative estimate of drug-likeness (QED) is 0.878. The number of rotatable bonds is 6. The smallest absolute Gasteiger partial charge is 0.243 e. The fourth-order valence-electron chi connectivity index (χ4n) is 2.08. The maximum absolute atomic E-state index is 13.7. The first-order valence-electron chi connectivity index (χ1n) is 6.67. The largest absolute Gasteiger partial charge is 0.392 e.